The molecule has 0 bridgehead atoms. The molecular weight excluding hydrogens is 218 g/mol. The van der Waals surface area contributed by atoms with Crippen LogP contribution in [-0.2, 0) is 0 Å². The molecule has 86 valence electrons. The molecule has 0 aliphatic rings. The average Bonchev–Trinajstić information content (AvgIpc) is 2.57. The van der Waals surface area contributed by atoms with Crippen LogP contribution < -0.4 is 0 Å². The molecule has 3 nitrogen and oxygen atoms in total. The number of aryl methyl sites for hydroxylation is 1. The predicted molar refractivity (Wildman–Crippen MR) is 69.3 cm³/mol. The van der Waals surface area contributed by atoms with Crippen molar-refractivity contribution in [2.45, 2.75) is 39.7 Å². The Balaban J connectivity index is 2.69. The molecule has 16 heavy (non-hydrogen) atoms. The number of pyridine rings is 1. The van der Waals surface area contributed by atoms with Crippen LogP contribution in [0.3, 0.4) is 0 Å². The molecule has 0 aliphatic carbocycles. The summed E-state index contributed by atoms with van der Waals surface area (Å²) in [6.07, 6.45) is 4.05. The summed E-state index contributed by atoms with van der Waals surface area (Å²) in [5, 5.41) is 0. The lowest BCUT2D eigenvalue weighted by atomic mass is 10.2. The topological polar surface area (TPSA) is 33.6 Å². The van der Waals surface area contributed by atoms with Gasteiger partial charge < -0.3 is 4.98 Å². The number of fused-ring (bicyclic) bond motifs is 1. The highest BCUT2D eigenvalue weighted by atomic mass is 32.1. The maximum Gasteiger partial charge on any atom is 0.179 e. The van der Waals surface area contributed by atoms with E-state index in [0.29, 0.717) is 6.04 Å². The number of H-pyrrole nitrogens is 1. The molecule has 0 aromatic carbocycles. The Bertz CT molecular complexity index is 549. The summed E-state index contributed by atoms with van der Waals surface area (Å²) in [4.78, 5) is 7.72. The number of hydrogen-bond acceptors (Lipinski definition) is 2. The van der Waals surface area contributed by atoms with Gasteiger partial charge in [0.25, 0.3) is 0 Å². The molecule has 0 atom stereocenters. The lowest BCUT2D eigenvalue weighted by Crippen LogP contribution is -2.07. The second-order valence-corrected chi connectivity index (χ2v) is 4.54. The van der Waals surface area contributed by atoms with E-state index >= 15 is 0 Å². The van der Waals surface area contributed by atoms with Gasteiger partial charge in [-0.3, -0.25) is 4.57 Å². The summed E-state index contributed by atoms with van der Waals surface area (Å²) in [5.74, 6) is 0. The molecule has 2 heterocycles. The summed E-state index contributed by atoms with van der Waals surface area (Å²) in [5.41, 5.74) is 3.17. The molecule has 2 rings (SSSR count). The van der Waals surface area contributed by atoms with Crippen molar-refractivity contribution in [1.29, 1.82) is 0 Å². The summed E-state index contributed by atoms with van der Waals surface area (Å²) >= 11 is 5.37. The fraction of sp³-hybridized carbons (Fsp3) is 0.500. The van der Waals surface area contributed by atoms with Gasteiger partial charge in [-0.15, -0.1) is 0 Å². The quantitative estimate of drug-likeness (QED) is 0.822. The standard InChI is InChI=1S/C12H17N3S/c1-4-9(5-2)15-11-10(14-12(15)16)6-8(3)7-13-11/h6-7,9H,4-5H2,1-3H3,(H,14,16). The third kappa shape index (κ3) is 1.78. The van der Waals surface area contributed by atoms with E-state index in [1.807, 2.05) is 13.1 Å². The van der Waals surface area contributed by atoms with E-state index in [9.17, 15) is 0 Å². The highest BCUT2D eigenvalue weighted by molar-refractivity contribution is 7.71. The molecule has 1 N–H and O–H groups in total. The van der Waals surface area contributed by atoms with E-state index in [-0.39, 0.29) is 0 Å². The van der Waals surface area contributed by atoms with E-state index in [0.717, 1.165) is 34.3 Å². The van der Waals surface area contributed by atoms with Crippen molar-refractivity contribution in [3.63, 3.8) is 0 Å². The Hall–Kier alpha value is -1.16. The number of nitrogens with zero attached hydrogens (tertiary/aromatic N) is 2. The van der Waals surface area contributed by atoms with Crippen molar-refractivity contribution in [3.05, 3.63) is 22.6 Å². The van der Waals surface area contributed by atoms with E-state index < -0.39 is 0 Å². The van der Waals surface area contributed by atoms with Gasteiger partial charge >= 0.3 is 0 Å². The minimum Gasteiger partial charge on any atom is -0.329 e. The zero-order chi connectivity index (χ0) is 11.7. The summed E-state index contributed by atoms with van der Waals surface area (Å²) in [6, 6.07) is 2.54. The molecule has 0 saturated heterocycles. The van der Waals surface area contributed by atoms with Crippen LogP contribution in [0.4, 0.5) is 0 Å². The molecule has 0 aliphatic heterocycles. The van der Waals surface area contributed by atoms with Crippen molar-refractivity contribution in [2.75, 3.05) is 0 Å². The number of aromatic nitrogens is 3. The van der Waals surface area contributed by atoms with Gasteiger partial charge in [0.15, 0.2) is 10.4 Å². The summed E-state index contributed by atoms with van der Waals surface area (Å²) in [7, 11) is 0. The highest BCUT2D eigenvalue weighted by Gasteiger charge is 2.12. The third-order valence-electron chi connectivity index (χ3n) is 3.00. The van der Waals surface area contributed by atoms with Gasteiger partial charge in [-0.2, -0.15) is 0 Å². The van der Waals surface area contributed by atoms with E-state index in [1.165, 1.54) is 0 Å². The van der Waals surface area contributed by atoms with Gasteiger partial charge in [0, 0.05) is 12.2 Å². The van der Waals surface area contributed by atoms with Crippen LogP contribution in [-0.4, -0.2) is 14.5 Å². The van der Waals surface area contributed by atoms with Gasteiger partial charge in [0.2, 0.25) is 0 Å². The first-order valence-electron chi connectivity index (χ1n) is 5.74. The largest absolute Gasteiger partial charge is 0.329 e. The van der Waals surface area contributed by atoms with Gasteiger partial charge in [-0.05, 0) is 43.6 Å². The zero-order valence-electron chi connectivity index (χ0n) is 9.95. The predicted octanol–water partition coefficient (Wildman–Crippen LogP) is 3.76. The Morgan fingerprint density at radius 2 is 2.12 bits per heavy atom. The van der Waals surface area contributed by atoms with E-state index in [2.05, 4.69) is 34.4 Å². The van der Waals surface area contributed by atoms with Crippen LogP contribution in [0.1, 0.15) is 38.3 Å². The van der Waals surface area contributed by atoms with Crippen molar-refractivity contribution in [2.24, 2.45) is 0 Å². The Labute approximate surface area is 101 Å². The Kier molecular flexibility index (Phi) is 3.10. The smallest absolute Gasteiger partial charge is 0.179 e. The minimum atomic E-state index is 0.441. The first kappa shape index (κ1) is 11.3. The molecule has 4 heteroatoms. The van der Waals surface area contributed by atoms with Crippen molar-refractivity contribution in [3.8, 4) is 0 Å². The van der Waals surface area contributed by atoms with E-state index in [1.54, 1.807) is 0 Å². The third-order valence-corrected chi connectivity index (χ3v) is 3.30. The van der Waals surface area contributed by atoms with Crippen LogP contribution in [0, 0.1) is 11.7 Å². The molecular formula is C12H17N3S. The van der Waals surface area contributed by atoms with Gasteiger partial charge in [0.05, 0.1) is 5.52 Å². The number of rotatable bonds is 3. The molecule has 0 saturated carbocycles. The van der Waals surface area contributed by atoms with Gasteiger partial charge in [-0.1, -0.05) is 13.8 Å². The van der Waals surface area contributed by atoms with Gasteiger partial charge in [0.1, 0.15) is 0 Å². The fourth-order valence-corrected chi connectivity index (χ4v) is 2.46. The van der Waals surface area contributed by atoms with E-state index in [4.69, 9.17) is 12.2 Å². The molecule has 0 unspecified atom stereocenters. The van der Waals surface area contributed by atoms with Crippen molar-refractivity contribution >= 4 is 23.4 Å². The molecule has 0 spiro atoms. The van der Waals surface area contributed by atoms with Crippen LogP contribution >= 0.6 is 12.2 Å². The first-order valence-corrected chi connectivity index (χ1v) is 6.15. The molecule has 0 radical (unpaired) electrons. The fourth-order valence-electron chi connectivity index (χ4n) is 2.11. The lowest BCUT2D eigenvalue weighted by molar-refractivity contribution is 0.476. The van der Waals surface area contributed by atoms with Crippen LogP contribution in [0.2, 0.25) is 0 Å². The zero-order valence-corrected chi connectivity index (χ0v) is 10.8. The number of imidazole rings is 1. The SMILES string of the molecule is CCC(CC)n1c(=S)[nH]c2cc(C)cnc21. The Morgan fingerprint density at radius 1 is 1.44 bits per heavy atom. The number of aromatic amines is 1. The normalized spacial score (nSPS) is 11.5. The molecule has 2 aromatic heterocycles. The minimum absolute atomic E-state index is 0.441. The monoisotopic (exact) mass is 235 g/mol. The highest BCUT2D eigenvalue weighted by Crippen LogP contribution is 2.22. The van der Waals surface area contributed by atoms with Crippen molar-refractivity contribution < 1.29 is 0 Å². The average molecular weight is 235 g/mol. The summed E-state index contributed by atoms with van der Waals surface area (Å²) in [6.45, 7) is 6.41. The van der Waals surface area contributed by atoms with Crippen LogP contribution in [0.25, 0.3) is 11.2 Å². The number of nitrogens with one attached hydrogen (secondary N) is 1. The summed E-state index contributed by atoms with van der Waals surface area (Å²) < 4.78 is 2.92. The molecule has 2 aromatic rings. The molecule has 0 amide bonds. The Morgan fingerprint density at radius 3 is 2.75 bits per heavy atom. The maximum absolute atomic E-state index is 5.37. The van der Waals surface area contributed by atoms with Crippen molar-refractivity contribution in [1.82, 2.24) is 14.5 Å². The van der Waals surface area contributed by atoms with Crippen LogP contribution in [0.15, 0.2) is 12.3 Å². The van der Waals surface area contributed by atoms with Crippen LogP contribution in [0.5, 0.6) is 0 Å². The number of hydrogen-bond donors (Lipinski definition) is 1. The van der Waals surface area contributed by atoms with Gasteiger partial charge in [-0.25, -0.2) is 4.98 Å². The second kappa shape index (κ2) is 4.37. The lowest BCUT2D eigenvalue weighted by Gasteiger charge is -2.14. The first-order chi connectivity index (χ1) is 7.67. The molecule has 0 fully saturated rings. The second-order valence-electron chi connectivity index (χ2n) is 4.15. The maximum atomic E-state index is 5.37.